The minimum Gasteiger partial charge on any atom is -0.381 e. The minimum atomic E-state index is -0.500. The first-order valence-electron chi connectivity index (χ1n) is 4.80. The summed E-state index contributed by atoms with van der Waals surface area (Å²) in [7, 11) is 0. The van der Waals surface area contributed by atoms with Crippen molar-refractivity contribution in [1.82, 2.24) is 9.97 Å². The van der Waals surface area contributed by atoms with Gasteiger partial charge in [-0.2, -0.15) is 0 Å². The Bertz CT molecular complexity index is 365. The maximum absolute atomic E-state index is 13.4. The van der Waals surface area contributed by atoms with Gasteiger partial charge in [0.05, 0.1) is 12.3 Å². The molecule has 0 saturated carbocycles. The van der Waals surface area contributed by atoms with Gasteiger partial charge in [0.15, 0.2) is 11.6 Å². The van der Waals surface area contributed by atoms with Crippen molar-refractivity contribution in [3.8, 4) is 0 Å². The van der Waals surface area contributed by atoms with Crippen molar-refractivity contribution >= 4 is 5.82 Å². The number of aryl methyl sites for hydroxylation is 1. The quantitative estimate of drug-likeness (QED) is 0.558. The predicted molar refractivity (Wildman–Crippen MR) is 52.7 cm³/mol. The maximum Gasteiger partial charge on any atom is 0.187 e. The molecule has 82 valence electrons. The van der Waals surface area contributed by atoms with E-state index in [1.165, 1.54) is 0 Å². The largest absolute Gasteiger partial charge is 0.381 e. The Morgan fingerprint density at radius 1 is 1.53 bits per heavy atom. The zero-order chi connectivity index (χ0) is 10.8. The molecule has 3 N–H and O–H groups in total. The number of hydrogen-bond acceptors (Lipinski definition) is 5. The molecule has 0 bridgehead atoms. The van der Waals surface area contributed by atoms with Crippen LogP contribution in [0.4, 0.5) is 10.2 Å². The number of nitrogens with zero attached hydrogens (tertiary/aromatic N) is 2. The monoisotopic (exact) mass is 212 g/mol. The van der Waals surface area contributed by atoms with Gasteiger partial charge in [0.25, 0.3) is 0 Å². The SMILES string of the molecule is Cc1nc(C2CCOC2)nc(NN)c1F. The van der Waals surface area contributed by atoms with Crippen LogP contribution in [0, 0.1) is 12.7 Å². The minimum absolute atomic E-state index is 0.0457. The molecule has 0 aliphatic carbocycles. The van der Waals surface area contributed by atoms with Crippen LogP contribution >= 0.6 is 0 Å². The third kappa shape index (κ3) is 1.91. The van der Waals surface area contributed by atoms with Crippen molar-refractivity contribution in [2.75, 3.05) is 18.6 Å². The third-order valence-electron chi connectivity index (χ3n) is 2.47. The van der Waals surface area contributed by atoms with E-state index in [4.69, 9.17) is 10.6 Å². The van der Waals surface area contributed by atoms with Crippen LogP contribution in [0.5, 0.6) is 0 Å². The second kappa shape index (κ2) is 4.08. The number of rotatable bonds is 2. The lowest BCUT2D eigenvalue weighted by Gasteiger charge is -2.10. The second-order valence-electron chi connectivity index (χ2n) is 3.53. The number of aromatic nitrogens is 2. The fourth-order valence-electron chi connectivity index (χ4n) is 1.60. The molecule has 15 heavy (non-hydrogen) atoms. The third-order valence-corrected chi connectivity index (χ3v) is 2.47. The first kappa shape index (κ1) is 10.3. The number of anilines is 1. The van der Waals surface area contributed by atoms with E-state index >= 15 is 0 Å². The summed E-state index contributed by atoms with van der Waals surface area (Å²) in [6.45, 7) is 2.89. The summed E-state index contributed by atoms with van der Waals surface area (Å²) in [5.74, 6) is 5.47. The van der Waals surface area contributed by atoms with Gasteiger partial charge in [-0.15, -0.1) is 0 Å². The van der Waals surface area contributed by atoms with Gasteiger partial charge in [-0.25, -0.2) is 20.2 Å². The number of hydrazine groups is 1. The van der Waals surface area contributed by atoms with E-state index in [9.17, 15) is 4.39 Å². The average Bonchev–Trinajstić information content (AvgIpc) is 2.75. The molecule has 1 fully saturated rings. The van der Waals surface area contributed by atoms with E-state index in [1.54, 1.807) is 6.92 Å². The van der Waals surface area contributed by atoms with Gasteiger partial charge in [0, 0.05) is 12.5 Å². The standard InChI is InChI=1S/C9H13FN4O/c1-5-7(10)9(14-11)13-8(12-5)6-2-3-15-4-6/h6H,2-4,11H2,1H3,(H,12,13,14). The fourth-order valence-corrected chi connectivity index (χ4v) is 1.60. The molecule has 2 rings (SSSR count). The zero-order valence-corrected chi connectivity index (χ0v) is 8.46. The van der Waals surface area contributed by atoms with Crippen molar-refractivity contribution in [3.05, 3.63) is 17.3 Å². The number of hydrogen-bond donors (Lipinski definition) is 2. The topological polar surface area (TPSA) is 73.1 Å². The van der Waals surface area contributed by atoms with E-state index in [0.717, 1.165) is 6.42 Å². The summed E-state index contributed by atoms with van der Waals surface area (Å²) in [5, 5.41) is 0. The summed E-state index contributed by atoms with van der Waals surface area (Å²) >= 11 is 0. The van der Waals surface area contributed by atoms with Gasteiger partial charge >= 0.3 is 0 Å². The molecule has 0 aromatic carbocycles. The fraction of sp³-hybridized carbons (Fsp3) is 0.556. The van der Waals surface area contributed by atoms with E-state index in [0.29, 0.717) is 24.7 Å². The lowest BCUT2D eigenvalue weighted by atomic mass is 10.1. The molecule has 0 spiro atoms. The van der Waals surface area contributed by atoms with Gasteiger partial charge in [0.2, 0.25) is 0 Å². The van der Waals surface area contributed by atoms with E-state index in [2.05, 4.69) is 15.4 Å². The summed E-state index contributed by atoms with van der Waals surface area (Å²) in [6, 6.07) is 0. The molecule has 1 unspecified atom stereocenters. The van der Waals surface area contributed by atoms with Crippen molar-refractivity contribution in [2.24, 2.45) is 5.84 Å². The van der Waals surface area contributed by atoms with Crippen molar-refractivity contribution in [3.63, 3.8) is 0 Å². The van der Waals surface area contributed by atoms with Gasteiger partial charge in [-0.3, -0.25) is 0 Å². The van der Waals surface area contributed by atoms with E-state index in [-0.39, 0.29) is 11.7 Å². The first-order valence-corrected chi connectivity index (χ1v) is 4.80. The Hall–Kier alpha value is -1.27. The lowest BCUT2D eigenvalue weighted by molar-refractivity contribution is 0.193. The Labute approximate surface area is 86.8 Å². The van der Waals surface area contributed by atoms with Crippen molar-refractivity contribution in [1.29, 1.82) is 0 Å². The number of nitrogens with one attached hydrogen (secondary N) is 1. The maximum atomic E-state index is 13.4. The normalized spacial score (nSPS) is 20.6. The first-order chi connectivity index (χ1) is 7.22. The second-order valence-corrected chi connectivity index (χ2v) is 3.53. The highest BCUT2D eigenvalue weighted by molar-refractivity contribution is 5.37. The molecule has 1 saturated heterocycles. The number of ether oxygens (including phenoxy) is 1. The zero-order valence-electron chi connectivity index (χ0n) is 8.46. The Morgan fingerprint density at radius 3 is 2.93 bits per heavy atom. The summed E-state index contributed by atoms with van der Waals surface area (Å²) in [4.78, 5) is 8.13. The summed E-state index contributed by atoms with van der Waals surface area (Å²) in [6.07, 6.45) is 0.870. The van der Waals surface area contributed by atoms with Gasteiger partial charge in [0.1, 0.15) is 5.82 Å². The van der Waals surface area contributed by atoms with E-state index < -0.39 is 5.82 Å². The Morgan fingerprint density at radius 2 is 2.33 bits per heavy atom. The molecule has 1 aliphatic heterocycles. The molecule has 5 nitrogen and oxygen atoms in total. The molecule has 6 heteroatoms. The highest BCUT2D eigenvalue weighted by atomic mass is 19.1. The smallest absolute Gasteiger partial charge is 0.187 e. The summed E-state index contributed by atoms with van der Waals surface area (Å²) < 4.78 is 18.6. The molecule has 1 atom stereocenters. The molecule has 0 radical (unpaired) electrons. The summed E-state index contributed by atoms with van der Waals surface area (Å²) in [5.41, 5.74) is 2.54. The molecular weight excluding hydrogens is 199 g/mol. The molecule has 1 aliphatic rings. The highest BCUT2D eigenvalue weighted by Gasteiger charge is 2.22. The van der Waals surface area contributed by atoms with Crippen LogP contribution in [0.15, 0.2) is 0 Å². The van der Waals surface area contributed by atoms with Gasteiger partial charge < -0.3 is 10.2 Å². The number of nitrogen functional groups attached to an aromatic ring is 1. The van der Waals surface area contributed by atoms with Gasteiger partial charge in [-0.1, -0.05) is 0 Å². The molecule has 1 aromatic rings. The van der Waals surface area contributed by atoms with Crippen LogP contribution in [0.1, 0.15) is 23.9 Å². The predicted octanol–water partition coefficient (Wildman–Crippen LogP) is 0.714. The highest BCUT2D eigenvalue weighted by Crippen LogP contribution is 2.24. The Kier molecular flexibility index (Phi) is 2.79. The van der Waals surface area contributed by atoms with Crippen LogP contribution in [0.25, 0.3) is 0 Å². The molecule has 0 amide bonds. The molecule has 2 heterocycles. The lowest BCUT2D eigenvalue weighted by Crippen LogP contribution is -2.15. The van der Waals surface area contributed by atoms with Crippen LogP contribution < -0.4 is 11.3 Å². The van der Waals surface area contributed by atoms with Crippen LogP contribution in [-0.2, 0) is 4.74 Å². The van der Waals surface area contributed by atoms with E-state index in [1.807, 2.05) is 0 Å². The van der Waals surface area contributed by atoms with Crippen LogP contribution in [-0.4, -0.2) is 23.2 Å². The Balaban J connectivity index is 2.35. The molecule has 1 aromatic heterocycles. The van der Waals surface area contributed by atoms with Gasteiger partial charge in [-0.05, 0) is 13.3 Å². The van der Waals surface area contributed by atoms with Crippen LogP contribution in [0.3, 0.4) is 0 Å². The van der Waals surface area contributed by atoms with Crippen LogP contribution in [0.2, 0.25) is 0 Å². The van der Waals surface area contributed by atoms with Crippen molar-refractivity contribution in [2.45, 2.75) is 19.3 Å². The number of nitrogens with two attached hydrogens (primary N) is 1. The van der Waals surface area contributed by atoms with Crippen molar-refractivity contribution < 1.29 is 9.13 Å². The molecular formula is C9H13FN4O. The number of halogens is 1. The average molecular weight is 212 g/mol.